The van der Waals surface area contributed by atoms with Gasteiger partial charge in [-0.25, -0.2) is 8.42 Å². The Morgan fingerprint density at radius 3 is 2.85 bits per heavy atom. The molecule has 106 valence electrons. The average molecular weight is 291 g/mol. The summed E-state index contributed by atoms with van der Waals surface area (Å²) < 4.78 is 26.0. The lowest BCUT2D eigenvalue weighted by molar-refractivity contribution is 0.565. The summed E-state index contributed by atoms with van der Waals surface area (Å²) in [5, 5.41) is 7.52. The molecule has 0 spiro atoms. The third kappa shape index (κ3) is 2.14. The van der Waals surface area contributed by atoms with Gasteiger partial charge < -0.3 is 5.32 Å². The smallest absolute Gasteiger partial charge is 0.180 e. The van der Waals surface area contributed by atoms with E-state index in [1.807, 2.05) is 37.0 Å². The molecule has 1 aliphatic rings. The number of rotatable bonds is 3. The van der Waals surface area contributed by atoms with Crippen molar-refractivity contribution in [3.63, 3.8) is 0 Å². The van der Waals surface area contributed by atoms with Gasteiger partial charge in [0.05, 0.1) is 16.8 Å². The van der Waals surface area contributed by atoms with Gasteiger partial charge in [0.1, 0.15) is 0 Å². The summed E-state index contributed by atoms with van der Waals surface area (Å²) in [5.41, 5.74) is 3.05. The quantitative estimate of drug-likeness (QED) is 0.927. The lowest BCUT2D eigenvalue weighted by atomic mass is 10.1. The number of hydrogen-bond donors (Lipinski definition) is 1. The summed E-state index contributed by atoms with van der Waals surface area (Å²) in [7, 11) is -1.25. The Morgan fingerprint density at radius 2 is 2.15 bits per heavy atom. The van der Waals surface area contributed by atoms with Crippen LogP contribution in [0, 0.1) is 6.92 Å². The molecule has 0 saturated heterocycles. The molecule has 6 heteroatoms. The lowest BCUT2D eigenvalue weighted by Crippen LogP contribution is -2.22. The van der Waals surface area contributed by atoms with Crippen LogP contribution in [-0.2, 0) is 23.4 Å². The fraction of sp³-hybridized carbons (Fsp3) is 0.357. The zero-order valence-electron chi connectivity index (χ0n) is 11.5. The van der Waals surface area contributed by atoms with Crippen molar-refractivity contribution in [3.8, 4) is 0 Å². The summed E-state index contributed by atoms with van der Waals surface area (Å²) in [5.74, 6) is 0.131. The minimum Gasteiger partial charge on any atom is -0.305 e. The Labute approximate surface area is 118 Å². The van der Waals surface area contributed by atoms with Gasteiger partial charge in [-0.05, 0) is 18.6 Å². The monoisotopic (exact) mass is 291 g/mol. The normalized spacial score (nSPS) is 20.0. The number of aromatic nitrogens is 2. The van der Waals surface area contributed by atoms with E-state index in [1.165, 1.54) is 0 Å². The first-order chi connectivity index (χ1) is 9.49. The van der Waals surface area contributed by atoms with E-state index in [4.69, 9.17) is 0 Å². The summed E-state index contributed by atoms with van der Waals surface area (Å²) in [6, 6.07) is 7.07. The Bertz CT molecular complexity index is 750. The molecule has 0 saturated carbocycles. The van der Waals surface area contributed by atoms with Crippen LogP contribution in [0.25, 0.3) is 0 Å². The molecule has 3 rings (SSSR count). The van der Waals surface area contributed by atoms with E-state index in [9.17, 15) is 8.42 Å². The van der Waals surface area contributed by atoms with Crippen LogP contribution in [-0.4, -0.2) is 24.0 Å². The van der Waals surface area contributed by atoms with Gasteiger partial charge in [0.25, 0.3) is 0 Å². The van der Waals surface area contributed by atoms with E-state index in [0.717, 1.165) is 16.8 Å². The molecular formula is C14H17N3O2S. The number of nitrogens with one attached hydrogen (secondary N) is 1. The van der Waals surface area contributed by atoms with Crippen molar-refractivity contribution in [3.05, 3.63) is 47.3 Å². The number of fused-ring (bicyclic) bond motifs is 1. The molecule has 20 heavy (non-hydrogen) atoms. The second-order valence-corrected chi connectivity index (χ2v) is 7.13. The average Bonchev–Trinajstić information content (AvgIpc) is 2.88. The van der Waals surface area contributed by atoms with Crippen molar-refractivity contribution in [1.82, 2.24) is 15.1 Å². The van der Waals surface area contributed by atoms with Crippen molar-refractivity contribution in [1.29, 1.82) is 0 Å². The van der Waals surface area contributed by atoms with Gasteiger partial charge in [-0.2, -0.15) is 5.10 Å². The van der Waals surface area contributed by atoms with Crippen LogP contribution >= 0.6 is 0 Å². The predicted molar refractivity (Wildman–Crippen MR) is 76.0 cm³/mol. The highest BCUT2D eigenvalue weighted by Gasteiger charge is 2.33. The van der Waals surface area contributed by atoms with E-state index in [1.54, 1.807) is 12.1 Å². The summed E-state index contributed by atoms with van der Waals surface area (Å²) >= 11 is 0. The third-order valence-corrected chi connectivity index (χ3v) is 5.71. The Hall–Kier alpha value is -1.66. The molecule has 1 N–H and O–H groups in total. The van der Waals surface area contributed by atoms with Gasteiger partial charge in [0, 0.05) is 30.9 Å². The van der Waals surface area contributed by atoms with E-state index < -0.39 is 9.84 Å². The fourth-order valence-electron chi connectivity index (χ4n) is 2.57. The first-order valence-electron chi connectivity index (χ1n) is 6.51. The molecule has 1 unspecified atom stereocenters. The number of aryl methyl sites for hydroxylation is 1. The maximum absolute atomic E-state index is 12.1. The topological polar surface area (TPSA) is 64.0 Å². The number of hydrogen-bond acceptors (Lipinski definition) is 4. The van der Waals surface area contributed by atoms with Crippen LogP contribution in [0.15, 0.2) is 35.4 Å². The van der Waals surface area contributed by atoms with Crippen molar-refractivity contribution in [2.75, 3.05) is 5.75 Å². The lowest BCUT2D eigenvalue weighted by Gasteiger charge is -2.12. The first kappa shape index (κ1) is 13.3. The van der Waals surface area contributed by atoms with E-state index in [2.05, 4.69) is 10.4 Å². The van der Waals surface area contributed by atoms with E-state index in [0.29, 0.717) is 11.4 Å². The summed E-state index contributed by atoms with van der Waals surface area (Å²) in [6.45, 7) is 2.62. The van der Waals surface area contributed by atoms with Crippen LogP contribution in [0.1, 0.15) is 22.9 Å². The molecule has 0 amide bonds. The minimum atomic E-state index is -3.15. The second-order valence-electron chi connectivity index (χ2n) is 5.13. The molecule has 2 heterocycles. The SMILES string of the molecule is Cc1c(CNC2CS(=O)(=O)c3ccccc32)cnn1C. The van der Waals surface area contributed by atoms with Crippen molar-refractivity contribution >= 4 is 9.84 Å². The summed E-state index contributed by atoms with van der Waals surface area (Å²) in [4.78, 5) is 0.459. The van der Waals surface area contributed by atoms with Gasteiger partial charge >= 0.3 is 0 Å². The Kier molecular flexibility index (Phi) is 3.14. The molecular weight excluding hydrogens is 274 g/mol. The van der Waals surface area contributed by atoms with E-state index in [-0.39, 0.29) is 11.8 Å². The zero-order chi connectivity index (χ0) is 14.3. The van der Waals surface area contributed by atoms with Gasteiger partial charge in [-0.1, -0.05) is 18.2 Å². The van der Waals surface area contributed by atoms with Crippen LogP contribution in [0.5, 0.6) is 0 Å². The second kappa shape index (κ2) is 4.71. The van der Waals surface area contributed by atoms with Gasteiger partial charge in [0.15, 0.2) is 9.84 Å². The highest BCUT2D eigenvalue weighted by atomic mass is 32.2. The van der Waals surface area contributed by atoms with Crippen LogP contribution in [0.4, 0.5) is 0 Å². The van der Waals surface area contributed by atoms with Gasteiger partial charge in [-0.3, -0.25) is 4.68 Å². The maximum atomic E-state index is 12.1. The number of nitrogens with zero attached hydrogens (tertiary/aromatic N) is 2. The molecule has 1 aromatic heterocycles. The fourth-order valence-corrected chi connectivity index (χ4v) is 4.34. The number of benzene rings is 1. The highest BCUT2D eigenvalue weighted by Crippen LogP contribution is 2.33. The van der Waals surface area contributed by atoms with Crippen LogP contribution < -0.4 is 5.32 Å². The molecule has 0 radical (unpaired) electrons. The predicted octanol–water partition coefficient (Wildman–Crippen LogP) is 1.35. The third-order valence-electron chi connectivity index (χ3n) is 3.89. The molecule has 1 aliphatic heterocycles. The van der Waals surface area contributed by atoms with Crippen LogP contribution in [0.3, 0.4) is 0 Å². The molecule has 0 bridgehead atoms. The molecule has 5 nitrogen and oxygen atoms in total. The summed E-state index contributed by atoms with van der Waals surface area (Å²) in [6.07, 6.45) is 1.82. The molecule has 2 aromatic rings. The molecule has 0 aliphatic carbocycles. The largest absolute Gasteiger partial charge is 0.305 e. The first-order valence-corrected chi connectivity index (χ1v) is 8.17. The zero-order valence-corrected chi connectivity index (χ0v) is 12.3. The van der Waals surface area contributed by atoms with Gasteiger partial charge in [-0.15, -0.1) is 0 Å². The maximum Gasteiger partial charge on any atom is 0.180 e. The van der Waals surface area contributed by atoms with Crippen LogP contribution in [0.2, 0.25) is 0 Å². The Balaban J connectivity index is 1.82. The Morgan fingerprint density at radius 1 is 1.40 bits per heavy atom. The molecule has 0 fully saturated rings. The van der Waals surface area contributed by atoms with E-state index >= 15 is 0 Å². The standard InChI is InChI=1S/C14H17N3O2S/c1-10-11(8-16-17(10)2)7-15-13-9-20(18,19)14-6-4-3-5-12(13)14/h3-6,8,13,15H,7,9H2,1-2H3. The van der Waals surface area contributed by atoms with Gasteiger partial charge in [0.2, 0.25) is 0 Å². The molecule has 1 atom stereocenters. The minimum absolute atomic E-state index is 0.131. The van der Waals surface area contributed by atoms with Crippen molar-refractivity contribution in [2.45, 2.75) is 24.4 Å². The van der Waals surface area contributed by atoms with Crippen molar-refractivity contribution < 1.29 is 8.42 Å². The van der Waals surface area contributed by atoms with Crippen molar-refractivity contribution in [2.24, 2.45) is 7.05 Å². The highest BCUT2D eigenvalue weighted by molar-refractivity contribution is 7.91. The number of sulfone groups is 1. The molecule has 1 aromatic carbocycles.